The molecule has 1 heterocycles. The van der Waals surface area contributed by atoms with Crippen molar-refractivity contribution in [2.24, 2.45) is 4.99 Å². The van der Waals surface area contributed by atoms with Crippen LogP contribution in [0.5, 0.6) is 0 Å². The second kappa shape index (κ2) is 11.7. The van der Waals surface area contributed by atoms with Crippen molar-refractivity contribution in [2.75, 3.05) is 19.6 Å². The lowest BCUT2D eigenvalue weighted by atomic mass is 10.0. The molecule has 1 unspecified atom stereocenters. The summed E-state index contributed by atoms with van der Waals surface area (Å²) in [7, 11) is 0. The van der Waals surface area contributed by atoms with Gasteiger partial charge in [0.2, 0.25) is 0 Å². The summed E-state index contributed by atoms with van der Waals surface area (Å²) in [5.41, 5.74) is -1.10. The Morgan fingerprint density at radius 2 is 1.96 bits per heavy atom. The summed E-state index contributed by atoms with van der Waals surface area (Å²) < 4.78 is 5.51. The monoisotopic (exact) mass is 437 g/mol. The van der Waals surface area contributed by atoms with E-state index in [4.69, 9.17) is 4.42 Å². The summed E-state index contributed by atoms with van der Waals surface area (Å²) in [5.74, 6) is 2.08. The average molecular weight is 437 g/mol. The van der Waals surface area contributed by atoms with Gasteiger partial charge >= 0.3 is 0 Å². The Bertz CT molecular complexity index is 458. The first-order valence-corrected chi connectivity index (χ1v) is 8.31. The van der Waals surface area contributed by atoms with Crippen LogP contribution in [-0.2, 0) is 5.60 Å². The van der Waals surface area contributed by atoms with Crippen molar-refractivity contribution in [3.05, 3.63) is 23.7 Å². The van der Waals surface area contributed by atoms with Crippen LogP contribution in [0.1, 0.15) is 58.0 Å². The van der Waals surface area contributed by atoms with Crippen LogP contribution in [0.4, 0.5) is 0 Å². The van der Waals surface area contributed by atoms with E-state index in [9.17, 15) is 5.11 Å². The molecule has 0 bridgehead atoms. The number of furan rings is 1. The first kappa shape index (κ1) is 22.2. The smallest absolute Gasteiger partial charge is 0.191 e. The van der Waals surface area contributed by atoms with Gasteiger partial charge in [-0.05, 0) is 39.3 Å². The first-order chi connectivity index (χ1) is 10.5. The largest absolute Gasteiger partial charge is 0.463 e. The van der Waals surface area contributed by atoms with Gasteiger partial charge in [0, 0.05) is 13.1 Å². The molecule has 5 nitrogen and oxygen atoms in total. The first-order valence-electron chi connectivity index (χ1n) is 8.31. The average Bonchev–Trinajstić information content (AvgIpc) is 2.92. The molecule has 0 saturated carbocycles. The third kappa shape index (κ3) is 8.60. The van der Waals surface area contributed by atoms with Crippen molar-refractivity contribution in [1.82, 2.24) is 10.6 Å². The molecule has 1 atom stereocenters. The zero-order chi connectivity index (χ0) is 16.4. The van der Waals surface area contributed by atoms with Gasteiger partial charge in [-0.1, -0.05) is 26.2 Å². The van der Waals surface area contributed by atoms with Crippen LogP contribution in [-0.4, -0.2) is 30.7 Å². The minimum Gasteiger partial charge on any atom is -0.463 e. The maximum atomic E-state index is 10.5. The van der Waals surface area contributed by atoms with Crippen molar-refractivity contribution >= 4 is 29.9 Å². The molecule has 23 heavy (non-hydrogen) atoms. The number of aryl methyl sites for hydroxylation is 1. The SMILES string of the molecule is CCCCCCNC(=NCC(C)(O)c1ccc(C)o1)NCC.I. The third-order valence-corrected chi connectivity index (χ3v) is 3.48. The minimum atomic E-state index is -1.10. The zero-order valence-electron chi connectivity index (χ0n) is 14.8. The number of nitrogens with zero attached hydrogens (tertiary/aromatic N) is 1. The van der Waals surface area contributed by atoms with Crippen molar-refractivity contribution < 1.29 is 9.52 Å². The van der Waals surface area contributed by atoms with Gasteiger partial charge in [-0.2, -0.15) is 0 Å². The van der Waals surface area contributed by atoms with Gasteiger partial charge in [-0.25, -0.2) is 4.99 Å². The Morgan fingerprint density at radius 3 is 2.52 bits per heavy atom. The lowest BCUT2D eigenvalue weighted by Gasteiger charge is -2.19. The van der Waals surface area contributed by atoms with E-state index in [0.717, 1.165) is 31.2 Å². The van der Waals surface area contributed by atoms with E-state index in [1.165, 1.54) is 19.3 Å². The lowest BCUT2D eigenvalue weighted by molar-refractivity contribution is 0.0428. The van der Waals surface area contributed by atoms with Crippen molar-refractivity contribution in [1.29, 1.82) is 0 Å². The second-order valence-electron chi connectivity index (χ2n) is 5.87. The van der Waals surface area contributed by atoms with Gasteiger partial charge in [-0.15, -0.1) is 24.0 Å². The van der Waals surface area contributed by atoms with E-state index in [-0.39, 0.29) is 30.5 Å². The maximum Gasteiger partial charge on any atom is 0.191 e. The fraction of sp³-hybridized carbons (Fsp3) is 0.706. The molecule has 1 aromatic rings. The summed E-state index contributed by atoms with van der Waals surface area (Å²) in [5, 5.41) is 17.0. The number of hydrogen-bond donors (Lipinski definition) is 3. The molecule has 0 amide bonds. The summed E-state index contributed by atoms with van der Waals surface area (Å²) >= 11 is 0. The highest BCUT2D eigenvalue weighted by molar-refractivity contribution is 14.0. The van der Waals surface area contributed by atoms with Crippen LogP contribution in [0.15, 0.2) is 21.5 Å². The van der Waals surface area contributed by atoms with Crippen LogP contribution in [0.2, 0.25) is 0 Å². The summed E-state index contributed by atoms with van der Waals surface area (Å²) in [6.45, 7) is 9.77. The molecular formula is C17H32IN3O2. The van der Waals surface area contributed by atoms with Gasteiger partial charge in [0.25, 0.3) is 0 Å². The number of nitrogens with one attached hydrogen (secondary N) is 2. The molecule has 0 aliphatic carbocycles. The number of aliphatic hydroxyl groups is 1. The molecule has 0 aliphatic rings. The van der Waals surface area contributed by atoms with Crippen molar-refractivity contribution in [3.8, 4) is 0 Å². The number of halogens is 1. The molecule has 1 aromatic heterocycles. The van der Waals surface area contributed by atoms with Crippen LogP contribution in [0.25, 0.3) is 0 Å². The molecule has 0 aliphatic heterocycles. The molecule has 1 rings (SSSR count). The molecule has 0 radical (unpaired) electrons. The Morgan fingerprint density at radius 1 is 1.22 bits per heavy atom. The van der Waals surface area contributed by atoms with Gasteiger partial charge < -0.3 is 20.2 Å². The van der Waals surface area contributed by atoms with E-state index in [1.54, 1.807) is 13.0 Å². The van der Waals surface area contributed by atoms with Crippen LogP contribution in [0, 0.1) is 6.92 Å². The molecule has 0 saturated heterocycles. The Kier molecular flexibility index (Phi) is 11.3. The molecule has 0 spiro atoms. The van der Waals surface area contributed by atoms with Crippen molar-refractivity contribution in [2.45, 2.75) is 59.0 Å². The normalized spacial score (nSPS) is 14.0. The molecule has 134 valence electrons. The number of aliphatic imine (C=N–C) groups is 1. The predicted molar refractivity (Wildman–Crippen MR) is 107 cm³/mol. The summed E-state index contributed by atoms with van der Waals surface area (Å²) in [6, 6.07) is 3.65. The molecule has 0 aromatic carbocycles. The molecule has 0 fully saturated rings. The molecular weight excluding hydrogens is 405 g/mol. The van der Waals surface area contributed by atoms with Crippen molar-refractivity contribution in [3.63, 3.8) is 0 Å². The van der Waals surface area contributed by atoms with E-state index >= 15 is 0 Å². The highest BCUT2D eigenvalue weighted by atomic mass is 127. The third-order valence-electron chi connectivity index (χ3n) is 3.48. The fourth-order valence-electron chi connectivity index (χ4n) is 2.14. The Balaban J connectivity index is 0.00000484. The van der Waals surface area contributed by atoms with Crippen LogP contribution < -0.4 is 10.6 Å². The zero-order valence-corrected chi connectivity index (χ0v) is 17.1. The maximum absolute atomic E-state index is 10.5. The second-order valence-corrected chi connectivity index (χ2v) is 5.87. The number of guanidine groups is 1. The fourth-order valence-corrected chi connectivity index (χ4v) is 2.14. The van der Waals surface area contributed by atoms with Gasteiger partial charge in [0.1, 0.15) is 17.1 Å². The topological polar surface area (TPSA) is 69.8 Å². The highest BCUT2D eigenvalue weighted by Gasteiger charge is 2.26. The summed E-state index contributed by atoms with van der Waals surface area (Å²) in [6.07, 6.45) is 4.86. The Labute approximate surface area is 157 Å². The number of hydrogen-bond acceptors (Lipinski definition) is 3. The Hall–Kier alpha value is -0.760. The van der Waals surface area contributed by atoms with Crippen LogP contribution >= 0.6 is 24.0 Å². The van der Waals surface area contributed by atoms with Gasteiger partial charge in [-0.3, -0.25) is 0 Å². The standard InChI is InChI=1S/C17H31N3O2.HI/c1-5-7-8-9-12-19-16(18-6-2)20-13-17(4,21)15-11-10-14(3)22-15;/h10-11,21H,5-9,12-13H2,1-4H3,(H2,18,19,20);1H. The van der Waals surface area contributed by atoms with Gasteiger partial charge in [0.15, 0.2) is 5.96 Å². The molecule has 6 heteroatoms. The minimum absolute atomic E-state index is 0. The van der Waals surface area contributed by atoms with E-state index in [1.807, 2.05) is 19.9 Å². The van der Waals surface area contributed by atoms with Crippen LogP contribution in [0.3, 0.4) is 0 Å². The number of unbranched alkanes of at least 4 members (excludes halogenated alkanes) is 3. The van der Waals surface area contributed by atoms with E-state index < -0.39 is 5.60 Å². The van der Waals surface area contributed by atoms with Gasteiger partial charge in [0.05, 0.1) is 6.54 Å². The predicted octanol–water partition coefficient (Wildman–Crippen LogP) is 3.55. The van der Waals surface area contributed by atoms with E-state index in [0.29, 0.717) is 5.76 Å². The highest BCUT2D eigenvalue weighted by Crippen LogP contribution is 2.22. The molecule has 3 N–H and O–H groups in total. The van der Waals surface area contributed by atoms with E-state index in [2.05, 4.69) is 22.5 Å². The number of rotatable bonds is 9. The lowest BCUT2D eigenvalue weighted by Crippen LogP contribution is -2.39. The summed E-state index contributed by atoms with van der Waals surface area (Å²) in [4.78, 5) is 4.47. The quantitative estimate of drug-likeness (QED) is 0.239.